The van der Waals surface area contributed by atoms with Gasteiger partial charge in [-0.2, -0.15) is 0 Å². The molecule has 0 aliphatic carbocycles. The van der Waals surface area contributed by atoms with Crippen molar-refractivity contribution in [2.45, 2.75) is 32.7 Å². The molecule has 0 aromatic rings. The Morgan fingerprint density at radius 2 is 1.92 bits per heavy atom. The predicted molar refractivity (Wildman–Crippen MR) is 50.3 cm³/mol. The lowest BCUT2D eigenvalue weighted by Gasteiger charge is -2.25. The maximum absolute atomic E-state index is 11.4. The molecule has 0 spiro atoms. The molecule has 0 bridgehead atoms. The van der Waals surface area contributed by atoms with Crippen LogP contribution in [0.3, 0.4) is 0 Å². The van der Waals surface area contributed by atoms with Gasteiger partial charge >= 0.3 is 0 Å². The summed E-state index contributed by atoms with van der Waals surface area (Å²) < 4.78 is 0. The molecule has 0 aromatic carbocycles. The van der Waals surface area contributed by atoms with E-state index in [9.17, 15) is 4.79 Å². The molecule has 0 rings (SSSR count). The van der Waals surface area contributed by atoms with Gasteiger partial charge in [-0.1, -0.05) is 0 Å². The van der Waals surface area contributed by atoms with Crippen LogP contribution in [0.25, 0.3) is 0 Å². The summed E-state index contributed by atoms with van der Waals surface area (Å²) >= 11 is 0. The van der Waals surface area contributed by atoms with Crippen molar-refractivity contribution in [1.29, 1.82) is 0 Å². The molecule has 0 saturated carbocycles. The number of hydrogen-bond acceptors (Lipinski definition) is 3. The molecule has 2 N–H and O–H groups in total. The van der Waals surface area contributed by atoms with Crippen LogP contribution in [0.15, 0.2) is 0 Å². The topological polar surface area (TPSA) is 60.8 Å². The third kappa shape index (κ3) is 4.85. The van der Waals surface area contributed by atoms with Crippen LogP contribution in [-0.2, 0) is 4.79 Å². The second kappa shape index (κ2) is 6.86. The number of nitrogens with zero attached hydrogens (tertiary/aromatic N) is 1. The minimum Gasteiger partial charge on any atom is -0.396 e. The van der Waals surface area contributed by atoms with Crippen molar-refractivity contribution >= 4 is 5.91 Å². The molecule has 1 amide bonds. The first-order valence-electron chi connectivity index (χ1n) is 4.64. The average Bonchev–Trinajstić information content (AvgIpc) is 2.09. The lowest BCUT2D eigenvalue weighted by Crippen LogP contribution is -2.38. The highest BCUT2D eigenvalue weighted by Crippen LogP contribution is 2.02. The van der Waals surface area contributed by atoms with Crippen molar-refractivity contribution in [3.8, 4) is 0 Å². The number of aliphatic hydroxyl groups is 2. The first-order chi connectivity index (χ1) is 6.13. The molecule has 13 heavy (non-hydrogen) atoms. The molecule has 0 radical (unpaired) electrons. The van der Waals surface area contributed by atoms with Gasteiger partial charge in [0.05, 0.1) is 6.61 Å². The zero-order chi connectivity index (χ0) is 10.3. The third-order valence-corrected chi connectivity index (χ3v) is 1.83. The number of amides is 1. The minimum atomic E-state index is -0.0109. The first-order valence-corrected chi connectivity index (χ1v) is 4.64. The minimum absolute atomic E-state index is 0.00176. The molecule has 0 aliphatic heterocycles. The summed E-state index contributed by atoms with van der Waals surface area (Å²) in [4.78, 5) is 13.1. The molecular formula is C9H19NO3. The molecular weight excluding hydrogens is 170 g/mol. The molecule has 0 heterocycles. The Kier molecular flexibility index (Phi) is 6.54. The molecule has 78 valence electrons. The Bertz CT molecular complexity index is 148. The van der Waals surface area contributed by atoms with E-state index < -0.39 is 0 Å². The quantitative estimate of drug-likeness (QED) is 0.617. The molecule has 0 unspecified atom stereocenters. The number of rotatable bonds is 6. The van der Waals surface area contributed by atoms with Gasteiger partial charge in [-0.15, -0.1) is 0 Å². The Balaban J connectivity index is 3.96. The maximum Gasteiger partial charge on any atom is 0.222 e. The highest BCUT2D eigenvalue weighted by molar-refractivity contribution is 5.76. The summed E-state index contributed by atoms with van der Waals surface area (Å²) in [6, 6.07) is 0.110. The van der Waals surface area contributed by atoms with E-state index in [-0.39, 0.29) is 25.2 Å². The largest absolute Gasteiger partial charge is 0.396 e. The number of aliphatic hydroxyl groups excluding tert-OH is 2. The lowest BCUT2D eigenvalue weighted by atomic mass is 10.2. The summed E-state index contributed by atoms with van der Waals surface area (Å²) in [6.45, 7) is 4.22. The van der Waals surface area contributed by atoms with Crippen LogP contribution >= 0.6 is 0 Å². The summed E-state index contributed by atoms with van der Waals surface area (Å²) in [6.07, 6.45) is 0.849. The van der Waals surface area contributed by atoms with Gasteiger partial charge in [-0.05, 0) is 20.3 Å². The highest BCUT2D eigenvalue weighted by atomic mass is 16.3. The number of carbonyl (C=O) groups is 1. The van der Waals surface area contributed by atoms with E-state index in [0.717, 1.165) is 0 Å². The van der Waals surface area contributed by atoms with E-state index in [4.69, 9.17) is 10.2 Å². The van der Waals surface area contributed by atoms with Gasteiger partial charge in [0.1, 0.15) is 0 Å². The Morgan fingerprint density at radius 3 is 2.31 bits per heavy atom. The van der Waals surface area contributed by atoms with E-state index in [1.54, 1.807) is 4.90 Å². The van der Waals surface area contributed by atoms with E-state index in [1.165, 1.54) is 0 Å². The zero-order valence-electron chi connectivity index (χ0n) is 8.36. The van der Waals surface area contributed by atoms with E-state index in [1.807, 2.05) is 13.8 Å². The number of carbonyl (C=O) groups excluding carboxylic acids is 1. The standard InChI is InChI=1S/C9H19NO3/c1-8(2)10(5-7-12)9(13)4-3-6-11/h8,11-12H,3-7H2,1-2H3. The van der Waals surface area contributed by atoms with Gasteiger partial charge in [0, 0.05) is 25.6 Å². The van der Waals surface area contributed by atoms with Gasteiger partial charge in [-0.25, -0.2) is 0 Å². The van der Waals surface area contributed by atoms with E-state index in [0.29, 0.717) is 19.4 Å². The zero-order valence-corrected chi connectivity index (χ0v) is 8.36. The highest BCUT2D eigenvalue weighted by Gasteiger charge is 2.14. The Morgan fingerprint density at radius 1 is 1.31 bits per heavy atom. The summed E-state index contributed by atoms with van der Waals surface area (Å²) in [5.74, 6) is -0.00176. The van der Waals surface area contributed by atoms with Crippen LogP contribution in [0.2, 0.25) is 0 Å². The molecule has 0 fully saturated rings. The molecule has 4 nitrogen and oxygen atoms in total. The summed E-state index contributed by atoms with van der Waals surface area (Å²) in [7, 11) is 0. The van der Waals surface area contributed by atoms with Crippen molar-refractivity contribution < 1.29 is 15.0 Å². The molecule has 0 atom stereocenters. The lowest BCUT2D eigenvalue weighted by molar-refractivity contribution is -0.133. The maximum atomic E-state index is 11.4. The normalized spacial score (nSPS) is 10.5. The van der Waals surface area contributed by atoms with Crippen molar-refractivity contribution in [3.63, 3.8) is 0 Å². The molecule has 0 aliphatic rings. The second-order valence-corrected chi connectivity index (χ2v) is 3.23. The fourth-order valence-electron chi connectivity index (χ4n) is 1.15. The third-order valence-electron chi connectivity index (χ3n) is 1.83. The van der Waals surface area contributed by atoms with Crippen LogP contribution in [-0.4, -0.2) is 46.8 Å². The van der Waals surface area contributed by atoms with Gasteiger partial charge in [0.15, 0.2) is 0 Å². The van der Waals surface area contributed by atoms with Gasteiger partial charge in [0.2, 0.25) is 5.91 Å². The van der Waals surface area contributed by atoms with Crippen molar-refractivity contribution in [2.75, 3.05) is 19.8 Å². The van der Waals surface area contributed by atoms with Gasteiger partial charge in [-0.3, -0.25) is 4.79 Å². The number of hydrogen-bond donors (Lipinski definition) is 2. The summed E-state index contributed by atoms with van der Waals surface area (Å²) in [5, 5.41) is 17.3. The van der Waals surface area contributed by atoms with Crippen LogP contribution in [0, 0.1) is 0 Å². The van der Waals surface area contributed by atoms with Crippen LogP contribution in [0.1, 0.15) is 26.7 Å². The van der Waals surface area contributed by atoms with Gasteiger partial charge < -0.3 is 15.1 Å². The molecule has 4 heteroatoms. The second-order valence-electron chi connectivity index (χ2n) is 3.23. The van der Waals surface area contributed by atoms with Crippen LogP contribution in [0.5, 0.6) is 0 Å². The fourth-order valence-corrected chi connectivity index (χ4v) is 1.15. The van der Waals surface area contributed by atoms with Crippen molar-refractivity contribution in [1.82, 2.24) is 4.90 Å². The van der Waals surface area contributed by atoms with Crippen LogP contribution in [0.4, 0.5) is 0 Å². The van der Waals surface area contributed by atoms with Crippen molar-refractivity contribution in [2.24, 2.45) is 0 Å². The van der Waals surface area contributed by atoms with E-state index in [2.05, 4.69) is 0 Å². The summed E-state index contributed by atoms with van der Waals surface area (Å²) in [5.41, 5.74) is 0. The smallest absolute Gasteiger partial charge is 0.222 e. The SMILES string of the molecule is CC(C)N(CCO)C(=O)CCCO. The fraction of sp³-hybridized carbons (Fsp3) is 0.889. The monoisotopic (exact) mass is 189 g/mol. The van der Waals surface area contributed by atoms with E-state index >= 15 is 0 Å². The van der Waals surface area contributed by atoms with Crippen LogP contribution < -0.4 is 0 Å². The Labute approximate surface area is 79.2 Å². The molecule has 0 saturated heterocycles. The van der Waals surface area contributed by atoms with Gasteiger partial charge in [0.25, 0.3) is 0 Å². The van der Waals surface area contributed by atoms with Crippen molar-refractivity contribution in [3.05, 3.63) is 0 Å². The first kappa shape index (κ1) is 12.4. The average molecular weight is 189 g/mol. The Hall–Kier alpha value is -0.610. The predicted octanol–water partition coefficient (Wildman–Crippen LogP) is -0.0118. The molecule has 0 aromatic heterocycles.